The summed E-state index contributed by atoms with van der Waals surface area (Å²) in [6.07, 6.45) is 4.53. The highest BCUT2D eigenvalue weighted by molar-refractivity contribution is 7.90. The van der Waals surface area contributed by atoms with Crippen molar-refractivity contribution in [2.24, 2.45) is 0 Å². The molecule has 0 spiro atoms. The lowest BCUT2D eigenvalue weighted by molar-refractivity contribution is -0.109. The van der Waals surface area contributed by atoms with Crippen LogP contribution in [0.25, 0.3) is 21.9 Å². The molecule has 0 N–H and O–H groups in total. The molecule has 1 atom stereocenters. The van der Waals surface area contributed by atoms with Crippen LogP contribution in [0, 0.1) is 0 Å². The van der Waals surface area contributed by atoms with E-state index in [0.717, 1.165) is 49.5 Å². The molecule has 47 heavy (non-hydrogen) atoms. The number of carbonyl (C=O) groups is 1. The van der Waals surface area contributed by atoms with Crippen molar-refractivity contribution in [1.82, 2.24) is 23.3 Å². The lowest BCUT2D eigenvalue weighted by Gasteiger charge is -2.42. The quantitative estimate of drug-likeness (QED) is 0.222. The first-order valence-corrected chi connectivity index (χ1v) is 17.8. The van der Waals surface area contributed by atoms with E-state index >= 15 is 0 Å². The van der Waals surface area contributed by atoms with Gasteiger partial charge in [-0.1, -0.05) is 53.5 Å². The number of carbonyl (C=O) groups excluding carboxylic acids is 1. The molecule has 4 heterocycles. The Hall–Kier alpha value is -3.74. The summed E-state index contributed by atoms with van der Waals surface area (Å²) in [5.74, 6) is 0. The summed E-state index contributed by atoms with van der Waals surface area (Å²) in [5, 5.41) is 0.786. The number of hydrogen-bond acceptors (Lipinski definition) is 8. The van der Waals surface area contributed by atoms with Crippen molar-refractivity contribution in [2.75, 3.05) is 51.2 Å². The van der Waals surface area contributed by atoms with E-state index in [1.54, 1.807) is 24.3 Å². The zero-order chi connectivity index (χ0) is 32.9. The van der Waals surface area contributed by atoms with E-state index in [4.69, 9.17) is 23.2 Å². The van der Waals surface area contributed by atoms with Crippen LogP contribution in [0.5, 0.6) is 0 Å². The van der Waals surface area contributed by atoms with E-state index in [1.807, 2.05) is 24.3 Å². The molecule has 10 nitrogen and oxygen atoms in total. The van der Waals surface area contributed by atoms with Gasteiger partial charge in [-0.2, -0.15) is 3.97 Å². The third kappa shape index (κ3) is 5.74. The van der Waals surface area contributed by atoms with Crippen LogP contribution >= 0.6 is 23.2 Å². The van der Waals surface area contributed by atoms with Crippen LogP contribution in [-0.4, -0.2) is 90.4 Å². The van der Waals surface area contributed by atoms with Gasteiger partial charge < -0.3 is 14.6 Å². The number of benzene rings is 3. The SMILES string of the molecule is CN1CCC(N2CCN(c3ccc(C(C=O)n4c(=O)n(S(=O)(=O)c5cccc6cccnc56)c5cc(Cl)c(Cl)cc54)cc3)CC2)CC1. The van der Waals surface area contributed by atoms with Crippen molar-refractivity contribution >= 4 is 67.1 Å². The second-order valence-electron chi connectivity index (χ2n) is 12.2. The third-order valence-electron chi connectivity index (χ3n) is 9.52. The number of aromatic nitrogens is 3. The predicted octanol–water partition coefficient (Wildman–Crippen LogP) is 4.90. The summed E-state index contributed by atoms with van der Waals surface area (Å²) >= 11 is 12.7. The van der Waals surface area contributed by atoms with Crippen LogP contribution in [-0.2, 0) is 14.8 Å². The highest BCUT2D eigenvalue weighted by atomic mass is 35.5. The third-order valence-corrected chi connectivity index (χ3v) is 12.0. The Morgan fingerprint density at radius 3 is 2.21 bits per heavy atom. The van der Waals surface area contributed by atoms with Crippen LogP contribution in [0.15, 0.2) is 82.6 Å². The molecule has 2 aromatic heterocycles. The minimum atomic E-state index is -4.50. The van der Waals surface area contributed by atoms with E-state index in [0.29, 0.717) is 27.3 Å². The Kier molecular flexibility index (Phi) is 8.60. The lowest BCUT2D eigenvalue weighted by Crippen LogP contribution is -2.53. The van der Waals surface area contributed by atoms with Gasteiger partial charge in [0.1, 0.15) is 17.2 Å². The number of imidazole rings is 1. The molecule has 1 unspecified atom stereocenters. The molecular formula is C34H34Cl2N6O4S. The fraction of sp³-hybridized carbons (Fsp3) is 0.324. The first-order valence-electron chi connectivity index (χ1n) is 15.6. The molecular weight excluding hydrogens is 659 g/mol. The van der Waals surface area contributed by atoms with Crippen molar-refractivity contribution in [3.05, 3.63) is 99.0 Å². The first kappa shape index (κ1) is 31.8. The number of hydrogen-bond donors (Lipinski definition) is 0. The summed E-state index contributed by atoms with van der Waals surface area (Å²) in [7, 11) is -2.32. The molecule has 2 aliphatic rings. The number of piperazine rings is 1. The molecule has 244 valence electrons. The van der Waals surface area contributed by atoms with Gasteiger partial charge in [0.15, 0.2) is 0 Å². The molecule has 5 aromatic rings. The van der Waals surface area contributed by atoms with Gasteiger partial charge in [-0.15, -0.1) is 0 Å². The minimum absolute atomic E-state index is 0.00304. The predicted molar refractivity (Wildman–Crippen MR) is 185 cm³/mol. The van der Waals surface area contributed by atoms with E-state index < -0.39 is 21.8 Å². The summed E-state index contributed by atoms with van der Waals surface area (Å²) in [6, 6.07) is 18.0. The zero-order valence-electron chi connectivity index (χ0n) is 25.8. The standard InChI is InChI=1S/C34H34Cl2N6O4S/c1-38-14-11-26(12-15-38)40-18-16-39(17-19-40)25-9-7-23(8-10-25)31(22-43)41-29-20-27(35)28(36)21-30(29)42(34(41)44)47(45,46)32-6-2-4-24-5-3-13-37-33(24)32/h2-10,13,20-22,26,31H,11-12,14-19H2,1H3. The number of fused-ring (bicyclic) bond motifs is 2. The van der Waals surface area contributed by atoms with Crippen molar-refractivity contribution in [2.45, 2.75) is 29.8 Å². The monoisotopic (exact) mass is 692 g/mol. The zero-order valence-corrected chi connectivity index (χ0v) is 28.1. The Morgan fingerprint density at radius 2 is 1.53 bits per heavy atom. The highest BCUT2D eigenvalue weighted by Crippen LogP contribution is 2.33. The summed E-state index contributed by atoms with van der Waals surface area (Å²) < 4.78 is 30.3. The van der Waals surface area contributed by atoms with Gasteiger partial charge in [0, 0.05) is 49.5 Å². The van der Waals surface area contributed by atoms with Gasteiger partial charge >= 0.3 is 5.69 Å². The summed E-state index contributed by atoms with van der Waals surface area (Å²) in [5.41, 5.74) is 1.02. The van der Waals surface area contributed by atoms with Gasteiger partial charge in [0.25, 0.3) is 10.0 Å². The Labute approximate surface area is 282 Å². The van der Waals surface area contributed by atoms with Crippen LogP contribution in [0.3, 0.4) is 0 Å². The van der Waals surface area contributed by atoms with E-state index in [2.05, 4.69) is 26.7 Å². The van der Waals surface area contributed by atoms with E-state index in [-0.39, 0.29) is 31.5 Å². The average Bonchev–Trinajstić information content (AvgIpc) is 3.36. The van der Waals surface area contributed by atoms with Gasteiger partial charge in [0.05, 0.1) is 26.6 Å². The molecule has 0 bridgehead atoms. The number of aldehydes is 1. The molecule has 13 heteroatoms. The number of halogens is 2. The molecule has 2 fully saturated rings. The maximum Gasteiger partial charge on any atom is 0.344 e. The smallest absolute Gasteiger partial charge is 0.344 e. The highest BCUT2D eigenvalue weighted by Gasteiger charge is 2.31. The molecule has 2 aliphatic heterocycles. The normalized spacial score (nSPS) is 17.8. The van der Waals surface area contributed by atoms with Crippen LogP contribution in [0.4, 0.5) is 5.69 Å². The van der Waals surface area contributed by atoms with Gasteiger partial charge in [-0.3, -0.25) is 14.5 Å². The molecule has 0 saturated carbocycles. The maximum absolute atomic E-state index is 14.2. The number of para-hydroxylation sites is 1. The fourth-order valence-corrected chi connectivity index (χ4v) is 8.82. The topological polar surface area (TPSA) is 101 Å². The summed E-state index contributed by atoms with van der Waals surface area (Å²) in [4.78, 5) is 38.4. The van der Waals surface area contributed by atoms with Crippen molar-refractivity contribution < 1.29 is 13.2 Å². The first-order chi connectivity index (χ1) is 22.7. The molecule has 0 aliphatic carbocycles. The number of anilines is 1. The van der Waals surface area contributed by atoms with Crippen molar-refractivity contribution in [3.63, 3.8) is 0 Å². The second-order valence-corrected chi connectivity index (χ2v) is 14.8. The van der Waals surface area contributed by atoms with Gasteiger partial charge in [-0.05, 0) is 74.9 Å². The average molecular weight is 694 g/mol. The number of rotatable bonds is 7. The van der Waals surface area contributed by atoms with Crippen molar-refractivity contribution in [3.8, 4) is 0 Å². The second kappa shape index (κ2) is 12.7. The summed E-state index contributed by atoms with van der Waals surface area (Å²) in [6.45, 7) is 6.05. The van der Waals surface area contributed by atoms with E-state index in [9.17, 15) is 18.0 Å². The maximum atomic E-state index is 14.2. The number of pyridine rings is 1. The molecule has 2 saturated heterocycles. The van der Waals surface area contributed by atoms with E-state index in [1.165, 1.54) is 37.2 Å². The van der Waals surface area contributed by atoms with Crippen LogP contribution in [0.2, 0.25) is 10.0 Å². The molecule has 3 aromatic carbocycles. The molecule has 7 rings (SSSR count). The van der Waals surface area contributed by atoms with Crippen molar-refractivity contribution in [1.29, 1.82) is 0 Å². The molecule has 0 radical (unpaired) electrons. The lowest BCUT2D eigenvalue weighted by atomic mass is 10.0. The van der Waals surface area contributed by atoms with Crippen LogP contribution < -0.4 is 10.6 Å². The minimum Gasteiger partial charge on any atom is -0.369 e. The Balaban J connectivity index is 1.23. The van der Waals surface area contributed by atoms with Crippen LogP contribution in [0.1, 0.15) is 24.4 Å². The Bertz CT molecular complexity index is 2130. The largest absolute Gasteiger partial charge is 0.369 e. The number of likely N-dealkylation sites (tertiary alicyclic amines) is 1. The Morgan fingerprint density at radius 1 is 0.872 bits per heavy atom. The fourth-order valence-electron chi connectivity index (χ4n) is 6.95. The number of nitrogens with zero attached hydrogens (tertiary/aromatic N) is 6. The molecule has 0 amide bonds. The van der Waals surface area contributed by atoms with Gasteiger partial charge in [0.2, 0.25) is 0 Å². The van der Waals surface area contributed by atoms with Gasteiger partial charge in [-0.25, -0.2) is 13.2 Å². The number of piperidine rings is 1.